The summed E-state index contributed by atoms with van der Waals surface area (Å²) in [6, 6.07) is 2.54. The summed E-state index contributed by atoms with van der Waals surface area (Å²) in [5.74, 6) is -1.18. The quantitative estimate of drug-likeness (QED) is 0.627. The van der Waals surface area contributed by atoms with Gasteiger partial charge in [-0.1, -0.05) is 18.9 Å². The van der Waals surface area contributed by atoms with Gasteiger partial charge in [0.25, 0.3) is 15.7 Å². The van der Waals surface area contributed by atoms with E-state index in [0.29, 0.717) is 13.0 Å². The molecule has 3 N–H and O–H groups in total. The maximum absolute atomic E-state index is 13.9. The van der Waals surface area contributed by atoms with Crippen molar-refractivity contribution in [2.75, 3.05) is 6.54 Å². The highest BCUT2D eigenvalue weighted by Crippen LogP contribution is 2.29. The predicted molar refractivity (Wildman–Crippen MR) is 78.2 cm³/mol. The van der Waals surface area contributed by atoms with E-state index in [4.69, 9.17) is 5.73 Å². The maximum Gasteiger partial charge on any atom is 0.292 e. The van der Waals surface area contributed by atoms with Crippen LogP contribution in [0.2, 0.25) is 0 Å². The fraction of sp³-hybridized carbons (Fsp3) is 0.538. The van der Waals surface area contributed by atoms with E-state index in [1.165, 1.54) is 0 Å². The molecule has 22 heavy (non-hydrogen) atoms. The highest BCUT2D eigenvalue weighted by Gasteiger charge is 2.34. The summed E-state index contributed by atoms with van der Waals surface area (Å²) in [4.78, 5) is 9.14. The minimum Gasteiger partial charge on any atom is -0.330 e. The lowest BCUT2D eigenvalue weighted by Crippen LogP contribution is -2.44. The number of hydrogen-bond donors (Lipinski definition) is 2. The zero-order valence-electron chi connectivity index (χ0n) is 11.9. The van der Waals surface area contributed by atoms with Crippen LogP contribution in [0.5, 0.6) is 0 Å². The lowest BCUT2D eigenvalue weighted by atomic mass is 9.85. The zero-order valence-corrected chi connectivity index (χ0v) is 12.7. The van der Waals surface area contributed by atoms with Gasteiger partial charge in [0.05, 0.1) is 4.92 Å². The van der Waals surface area contributed by atoms with E-state index in [-0.39, 0.29) is 5.92 Å². The number of hydrogen-bond acceptors (Lipinski definition) is 5. The predicted octanol–water partition coefficient (Wildman–Crippen LogP) is 1.53. The van der Waals surface area contributed by atoms with Crippen molar-refractivity contribution in [2.24, 2.45) is 11.7 Å². The largest absolute Gasteiger partial charge is 0.330 e. The van der Waals surface area contributed by atoms with Gasteiger partial charge in [-0.3, -0.25) is 10.1 Å². The van der Waals surface area contributed by atoms with Crippen LogP contribution in [0, 0.1) is 21.8 Å². The number of halogens is 1. The molecule has 1 aromatic rings. The van der Waals surface area contributed by atoms with E-state index in [1.807, 2.05) is 0 Å². The Kier molecular flexibility index (Phi) is 5.09. The molecule has 0 amide bonds. The topological polar surface area (TPSA) is 115 Å². The third kappa shape index (κ3) is 3.42. The molecule has 0 spiro atoms. The molecule has 122 valence electrons. The van der Waals surface area contributed by atoms with Crippen molar-refractivity contribution >= 4 is 15.7 Å². The number of nitro benzene ring substituents is 1. The maximum atomic E-state index is 13.9. The molecule has 2 atom stereocenters. The Bertz CT molecular complexity index is 665. The molecular weight excluding hydrogens is 313 g/mol. The van der Waals surface area contributed by atoms with Crippen molar-refractivity contribution in [3.63, 3.8) is 0 Å². The Morgan fingerprint density at radius 1 is 1.36 bits per heavy atom. The molecule has 0 aliphatic heterocycles. The van der Waals surface area contributed by atoms with Crippen LogP contribution in [-0.2, 0) is 10.0 Å². The van der Waals surface area contributed by atoms with Gasteiger partial charge in [0.1, 0.15) is 5.82 Å². The summed E-state index contributed by atoms with van der Waals surface area (Å²) < 4.78 is 41.1. The van der Waals surface area contributed by atoms with Crippen molar-refractivity contribution < 1.29 is 17.7 Å². The van der Waals surface area contributed by atoms with Crippen LogP contribution < -0.4 is 10.5 Å². The second-order valence-electron chi connectivity index (χ2n) is 5.35. The minimum absolute atomic E-state index is 0.0469. The molecule has 1 aliphatic carbocycles. The third-order valence-electron chi connectivity index (χ3n) is 3.93. The number of nitrogens with zero attached hydrogens (tertiary/aromatic N) is 1. The molecule has 1 fully saturated rings. The zero-order chi connectivity index (χ0) is 16.3. The molecule has 0 bridgehead atoms. The fourth-order valence-electron chi connectivity index (χ4n) is 2.81. The Labute approximate surface area is 127 Å². The molecule has 2 rings (SSSR count). The van der Waals surface area contributed by atoms with Crippen LogP contribution >= 0.6 is 0 Å². The average molecular weight is 331 g/mol. The average Bonchev–Trinajstić information content (AvgIpc) is 2.46. The highest BCUT2D eigenvalue weighted by atomic mass is 32.2. The molecule has 0 heterocycles. The van der Waals surface area contributed by atoms with Gasteiger partial charge in [-0.25, -0.2) is 17.5 Å². The number of nitrogens with one attached hydrogen (secondary N) is 1. The molecule has 9 heteroatoms. The summed E-state index contributed by atoms with van der Waals surface area (Å²) in [7, 11) is -4.33. The van der Waals surface area contributed by atoms with Gasteiger partial charge in [-0.15, -0.1) is 0 Å². The lowest BCUT2D eigenvalue weighted by Gasteiger charge is -2.30. The van der Waals surface area contributed by atoms with E-state index >= 15 is 0 Å². The van der Waals surface area contributed by atoms with Gasteiger partial charge >= 0.3 is 0 Å². The van der Waals surface area contributed by atoms with Crippen LogP contribution in [-0.4, -0.2) is 25.9 Å². The second kappa shape index (κ2) is 6.67. The van der Waals surface area contributed by atoms with Crippen LogP contribution in [0.4, 0.5) is 10.1 Å². The molecule has 0 saturated heterocycles. The summed E-state index contributed by atoms with van der Waals surface area (Å²) >= 11 is 0. The second-order valence-corrected chi connectivity index (χ2v) is 7.00. The van der Waals surface area contributed by atoms with Crippen molar-refractivity contribution in [2.45, 2.75) is 36.6 Å². The summed E-state index contributed by atoms with van der Waals surface area (Å²) in [5.41, 5.74) is 4.87. The standard InChI is InChI=1S/C13H18FN3O4S/c14-10-5-3-7-12(17(18)19)13(10)22(20,21)16-11-6-2-1-4-9(11)8-15/h3,5,7,9,11,16H,1-2,4,6,8,15H2/t9-,11-/m0/s1. The summed E-state index contributed by atoms with van der Waals surface area (Å²) in [5, 5.41) is 11.0. The van der Waals surface area contributed by atoms with Crippen LogP contribution in [0.3, 0.4) is 0 Å². The van der Waals surface area contributed by atoms with Crippen LogP contribution in [0.15, 0.2) is 23.1 Å². The number of benzene rings is 1. The fourth-order valence-corrected chi connectivity index (χ4v) is 4.38. The first-order valence-corrected chi connectivity index (χ1v) is 8.50. The Hall–Kier alpha value is -1.58. The number of sulfonamides is 1. The van der Waals surface area contributed by atoms with E-state index in [1.54, 1.807) is 0 Å². The first kappa shape index (κ1) is 16.8. The number of nitro groups is 1. The molecule has 1 aliphatic rings. The Morgan fingerprint density at radius 2 is 2.05 bits per heavy atom. The van der Waals surface area contributed by atoms with Gasteiger partial charge in [-0.2, -0.15) is 0 Å². The van der Waals surface area contributed by atoms with E-state index in [9.17, 15) is 22.9 Å². The van der Waals surface area contributed by atoms with Crippen LogP contribution in [0.1, 0.15) is 25.7 Å². The molecule has 0 unspecified atom stereocenters. The highest BCUT2D eigenvalue weighted by molar-refractivity contribution is 7.89. The molecule has 0 radical (unpaired) electrons. The van der Waals surface area contributed by atoms with Gasteiger partial charge < -0.3 is 5.73 Å². The monoisotopic (exact) mass is 331 g/mol. The molecular formula is C13H18FN3O4S. The third-order valence-corrected chi connectivity index (χ3v) is 5.48. The SMILES string of the molecule is NC[C@@H]1CCCC[C@@H]1NS(=O)(=O)c1c(F)cccc1[N+](=O)[O-]. The Morgan fingerprint density at radius 3 is 2.68 bits per heavy atom. The van der Waals surface area contributed by atoms with Gasteiger partial charge in [-0.05, 0) is 31.4 Å². The summed E-state index contributed by atoms with van der Waals surface area (Å²) in [6.07, 6.45) is 3.16. The Balaban J connectivity index is 2.37. The molecule has 1 aromatic carbocycles. The van der Waals surface area contributed by atoms with E-state index < -0.39 is 37.4 Å². The number of nitrogens with two attached hydrogens (primary N) is 1. The smallest absolute Gasteiger partial charge is 0.292 e. The molecule has 7 nitrogen and oxygen atoms in total. The van der Waals surface area contributed by atoms with Crippen molar-refractivity contribution in [1.29, 1.82) is 0 Å². The molecule has 0 aromatic heterocycles. The molecule has 1 saturated carbocycles. The van der Waals surface area contributed by atoms with Gasteiger partial charge in [0.15, 0.2) is 4.90 Å². The first-order chi connectivity index (χ1) is 10.4. The van der Waals surface area contributed by atoms with E-state index in [2.05, 4.69) is 4.72 Å². The summed E-state index contributed by atoms with van der Waals surface area (Å²) in [6.45, 7) is 0.312. The van der Waals surface area contributed by atoms with Gasteiger partial charge in [0.2, 0.25) is 0 Å². The van der Waals surface area contributed by atoms with Crippen LogP contribution in [0.25, 0.3) is 0 Å². The first-order valence-electron chi connectivity index (χ1n) is 7.02. The van der Waals surface area contributed by atoms with E-state index in [0.717, 1.165) is 37.5 Å². The van der Waals surface area contributed by atoms with Gasteiger partial charge in [0, 0.05) is 12.1 Å². The number of rotatable bonds is 5. The lowest BCUT2D eigenvalue weighted by molar-refractivity contribution is -0.388. The van der Waals surface area contributed by atoms with Crippen molar-refractivity contribution in [3.05, 3.63) is 34.1 Å². The minimum atomic E-state index is -4.33. The van der Waals surface area contributed by atoms with Crippen molar-refractivity contribution in [3.8, 4) is 0 Å². The normalized spacial score (nSPS) is 22.5. The van der Waals surface area contributed by atoms with Crippen molar-refractivity contribution in [1.82, 2.24) is 4.72 Å².